The molecule has 106 valence electrons. The maximum Gasteiger partial charge on any atom is 0.267 e. The molecule has 0 aliphatic heterocycles. The number of halogens is 1. The summed E-state index contributed by atoms with van der Waals surface area (Å²) in [5.41, 5.74) is 3.09. The molecule has 0 saturated heterocycles. The van der Waals surface area contributed by atoms with Crippen molar-refractivity contribution in [2.24, 2.45) is 0 Å². The van der Waals surface area contributed by atoms with Crippen LogP contribution in [0.15, 0.2) is 30.7 Å². The van der Waals surface area contributed by atoms with Crippen LogP contribution >= 0.6 is 11.6 Å². The van der Waals surface area contributed by atoms with E-state index in [4.69, 9.17) is 11.6 Å². The number of nitrogens with one attached hydrogen (secondary N) is 3. The summed E-state index contributed by atoms with van der Waals surface area (Å²) >= 11 is 6.29. The molecule has 0 radical (unpaired) electrons. The van der Waals surface area contributed by atoms with Crippen molar-refractivity contribution in [3.8, 4) is 11.1 Å². The van der Waals surface area contributed by atoms with Gasteiger partial charge in [0.15, 0.2) is 0 Å². The van der Waals surface area contributed by atoms with E-state index in [1.807, 2.05) is 18.3 Å². The molecule has 0 spiro atoms. The van der Waals surface area contributed by atoms with Gasteiger partial charge in [-0.05, 0) is 25.0 Å². The number of carbonyl (C=O) groups excluding carboxylic acids is 1. The number of amides is 1. The monoisotopic (exact) mass is 300 g/mol. The molecular formula is C15H13ClN4O. The second-order valence-corrected chi connectivity index (χ2v) is 5.68. The zero-order valence-electron chi connectivity index (χ0n) is 11.1. The summed E-state index contributed by atoms with van der Waals surface area (Å²) < 4.78 is 0. The van der Waals surface area contributed by atoms with E-state index in [9.17, 15) is 4.79 Å². The number of fused-ring (bicyclic) bond motifs is 1. The molecule has 1 aliphatic rings. The van der Waals surface area contributed by atoms with Crippen molar-refractivity contribution >= 4 is 28.5 Å². The summed E-state index contributed by atoms with van der Waals surface area (Å²) in [5, 5.41) is 4.47. The van der Waals surface area contributed by atoms with Crippen LogP contribution in [0.2, 0.25) is 5.02 Å². The third-order valence-electron chi connectivity index (χ3n) is 3.67. The van der Waals surface area contributed by atoms with E-state index in [0.29, 0.717) is 16.8 Å². The number of carbonyl (C=O) groups is 1. The lowest BCUT2D eigenvalue weighted by molar-refractivity contribution is 0.0946. The molecule has 0 unspecified atom stereocenters. The van der Waals surface area contributed by atoms with Gasteiger partial charge in [0.25, 0.3) is 5.91 Å². The summed E-state index contributed by atoms with van der Waals surface area (Å²) in [6, 6.07) is 4.09. The maximum atomic E-state index is 12.0. The molecule has 6 heteroatoms. The van der Waals surface area contributed by atoms with Gasteiger partial charge in [0, 0.05) is 41.1 Å². The zero-order valence-corrected chi connectivity index (χ0v) is 11.9. The molecule has 1 saturated carbocycles. The maximum absolute atomic E-state index is 12.0. The summed E-state index contributed by atoms with van der Waals surface area (Å²) in [4.78, 5) is 22.4. The van der Waals surface area contributed by atoms with Gasteiger partial charge in [-0.2, -0.15) is 0 Å². The van der Waals surface area contributed by atoms with E-state index < -0.39 is 0 Å². The van der Waals surface area contributed by atoms with E-state index in [-0.39, 0.29) is 5.91 Å². The average molecular weight is 301 g/mol. The second kappa shape index (κ2) is 4.63. The van der Waals surface area contributed by atoms with Crippen LogP contribution in [0.4, 0.5) is 0 Å². The smallest absolute Gasteiger partial charge is 0.267 e. The van der Waals surface area contributed by atoms with E-state index in [1.54, 1.807) is 12.4 Å². The van der Waals surface area contributed by atoms with Gasteiger partial charge in [-0.25, -0.2) is 4.98 Å². The summed E-state index contributed by atoms with van der Waals surface area (Å²) in [7, 11) is 0. The fraction of sp³-hybridized carbons (Fsp3) is 0.200. The Morgan fingerprint density at radius 1 is 1.38 bits per heavy atom. The topological polar surface area (TPSA) is 73.6 Å². The molecule has 0 bridgehead atoms. The van der Waals surface area contributed by atoms with E-state index in [0.717, 1.165) is 35.0 Å². The predicted octanol–water partition coefficient (Wildman–Crippen LogP) is 3.10. The number of aromatic nitrogens is 3. The predicted molar refractivity (Wildman–Crippen MR) is 81.4 cm³/mol. The van der Waals surface area contributed by atoms with Crippen molar-refractivity contribution in [2.75, 3.05) is 0 Å². The Balaban J connectivity index is 1.75. The molecule has 1 fully saturated rings. The molecule has 3 heterocycles. The Morgan fingerprint density at radius 2 is 2.24 bits per heavy atom. The fourth-order valence-electron chi connectivity index (χ4n) is 2.44. The van der Waals surface area contributed by atoms with E-state index in [1.165, 1.54) is 0 Å². The summed E-state index contributed by atoms with van der Waals surface area (Å²) in [6.07, 6.45) is 7.38. The first kappa shape index (κ1) is 12.5. The van der Waals surface area contributed by atoms with E-state index >= 15 is 0 Å². The van der Waals surface area contributed by atoms with Gasteiger partial charge < -0.3 is 15.3 Å². The van der Waals surface area contributed by atoms with Crippen LogP contribution in [-0.4, -0.2) is 26.9 Å². The highest BCUT2D eigenvalue weighted by Crippen LogP contribution is 2.34. The Bertz CT molecular complexity index is 831. The number of aromatic amines is 2. The molecule has 21 heavy (non-hydrogen) atoms. The minimum absolute atomic E-state index is 0.0701. The standard InChI is InChI=1S/C15H13ClN4O/c16-11-7-19-14-10(3-4-17-14)13(11)8-5-12(18-6-8)15(21)20-9-1-2-9/h3-7,9,18H,1-2H2,(H,17,19)(H,20,21). The van der Waals surface area contributed by atoms with Gasteiger partial charge in [-0.15, -0.1) is 0 Å². The molecule has 0 atom stereocenters. The first-order chi connectivity index (χ1) is 10.2. The second-order valence-electron chi connectivity index (χ2n) is 5.27. The van der Waals surface area contributed by atoms with Gasteiger partial charge in [0.2, 0.25) is 0 Å². The molecule has 5 nitrogen and oxygen atoms in total. The first-order valence-corrected chi connectivity index (χ1v) is 7.21. The van der Waals surface area contributed by atoms with Gasteiger partial charge >= 0.3 is 0 Å². The van der Waals surface area contributed by atoms with Gasteiger partial charge in [-0.3, -0.25) is 4.79 Å². The first-order valence-electron chi connectivity index (χ1n) is 6.83. The molecule has 4 rings (SSSR count). The largest absolute Gasteiger partial charge is 0.357 e. The summed E-state index contributed by atoms with van der Waals surface area (Å²) in [6.45, 7) is 0. The van der Waals surface area contributed by atoms with Crippen molar-refractivity contribution < 1.29 is 4.79 Å². The molecule has 3 aromatic heterocycles. The number of hydrogen-bond donors (Lipinski definition) is 3. The van der Waals surface area contributed by atoms with Gasteiger partial charge in [0.05, 0.1) is 5.02 Å². The highest BCUT2D eigenvalue weighted by atomic mass is 35.5. The van der Waals surface area contributed by atoms with Crippen molar-refractivity contribution in [1.82, 2.24) is 20.3 Å². The third-order valence-corrected chi connectivity index (χ3v) is 3.96. The number of nitrogens with zero attached hydrogens (tertiary/aromatic N) is 1. The van der Waals surface area contributed by atoms with Gasteiger partial charge in [-0.1, -0.05) is 11.6 Å². The van der Waals surface area contributed by atoms with Gasteiger partial charge in [0.1, 0.15) is 11.3 Å². The lowest BCUT2D eigenvalue weighted by Gasteiger charge is -2.03. The number of pyridine rings is 1. The third kappa shape index (κ3) is 2.19. The van der Waals surface area contributed by atoms with E-state index in [2.05, 4.69) is 20.3 Å². The lowest BCUT2D eigenvalue weighted by atomic mass is 10.1. The van der Waals surface area contributed by atoms with Crippen LogP contribution in [0, 0.1) is 0 Å². The van der Waals surface area contributed by atoms with Crippen molar-refractivity contribution in [1.29, 1.82) is 0 Å². The quantitative estimate of drug-likeness (QED) is 0.695. The number of hydrogen-bond acceptors (Lipinski definition) is 2. The van der Waals surface area contributed by atoms with Crippen molar-refractivity contribution in [3.63, 3.8) is 0 Å². The van der Waals surface area contributed by atoms with Crippen molar-refractivity contribution in [2.45, 2.75) is 18.9 Å². The molecule has 3 aromatic rings. The lowest BCUT2D eigenvalue weighted by Crippen LogP contribution is -2.25. The Morgan fingerprint density at radius 3 is 3.05 bits per heavy atom. The van der Waals surface area contributed by atoms with Crippen LogP contribution in [0.5, 0.6) is 0 Å². The average Bonchev–Trinajstić information content (AvgIpc) is 2.99. The minimum atomic E-state index is -0.0701. The van der Waals surface area contributed by atoms with Crippen LogP contribution in [0.25, 0.3) is 22.2 Å². The highest BCUT2D eigenvalue weighted by Gasteiger charge is 2.24. The van der Waals surface area contributed by atoms with Crippen LogP contribution in [-0.2, 0) is 0 Å². The number of H-pyrrole nitrogens is 2. The highest BCUT2D eigenvalue weighted by molar-refractivity contribution is 6.34. The Kier molecular flexibility index (Phi) is 2.75. The zero-order chi connectivity index (χ0) is 14.4. The van der Waals surface area contributed by atoms with Crippen LogP contribution in [0.3, 0.4) is 0 Å². The summed E-state index contributed by atoms with van der Waals surface area (Å²) in [5.74, 6) is -0.0701. The van der Waals surface area contributed by atoms with Crippen LogP contribution < -0.4 is 5.32 Å². The normalized spacial score (nSPS) is 14.5. The molecule has 1 amide bonds. The SMILES string of the molecule is O=C(NC1CC1)c1cc(-c2c(Cl)cnc3[nH]ccc23)c[nH]1. The number of rotatable bonds is 3. The van der Waals surface area contributed by atoms with Crippen LogP contribution in [0.1, 0.15) is 23.3 Å². The molecular weight excluding hydrogens is 288 g/mol. The Labute approximate surface area is 125 Å². The molecule has 3 N–H and O–H groups in total. The van der Waals surface area contributed by atoms with Crippen molar-refractivity contribution in [3.05, 3.63) is 41.4 Å². The molecule has 1 aliphatic carbocycles. The fourth-order valence-corrected chi connectivity index (χ4v) is 2.70. The molecule has 0 aromatic carbocycles. The minimum Gasteiger partial charge on any atom is -0.357 e. The Hall–Kier alpha value is -2.27.